The van der Waals surface area contributed by atoms with Crippen molar-refractivity contribution >= 4 is 0 Å². The van der Waals surface area contributed by atoms with Crippen LogP contribution < -0.4 is 4.74 Å². The van der Waals surface area contributed by atoms with E-state index in [1.54, 1.807) is 31.2 Å². The molecule has 0 aromatic heterocycles. The van der Waals surface area contributed by atoms with Crippen LogP contribution in [0.1, 0.15) is 6.92 Å². The largest absolute Gasteiger partial charge is 0.488 e. The number of hydrogen-bond donors (Lipinski definition) is 2. The van der Waals surface area contributed by atoms with Gasteiger partial charge >= 0.3 is 0 Å². The predicted octanol–water partition coefficient (Wildman–Crippen LogP) is 0.607. The van der Waals surface area contributed by atoms with Gasteiger partial charge in [0.1, 0.15) is 18.0 Å². The van der Waals surface area contributed by atoms with Gasteiger partial charge in [0.05, 0.1) is 6.61 Å². The Morgan fingerprint density at radius 2 is 2.38 bits per heavy atom. The normalized spacial score (nSPS) is 15.0. The van der Waals surface area contributed by atoms with Crippen molar-refractivity contribution in [2.45, 2.75) is 19.1 Å². The highest BCUT2D eigenvalue weighted by Gasteiger charge is 2.13. The summed E-state index contributed by atoms with van der Waals surface area (Å²) in [4.78, 5) is 0. The molecule has 2 unspecified atom stereocenters. The van der Waals surface area contributed by atoms with Crippen LogP contribution in [0.5, 0.6) is 5.75 Å². The number of hydrogen-bond acceptors (Lipinski definition) is 3. The van der Waals surface area contributed by atoms with Crippen molar-refractivity contribution in [3.05, 3.63) is 30.3 Å². The zero-order valence-electron chi connectivity index (χ0n) is 7.47. The standard InChI is InChI=1S/C10H13O3/c1-8(10(12)7-11)13-9-5-3-2-4-6-9/h2-3,5-6,8,10-12H,7H2,1H3. The topological polar surface area (TPSA) is 49.7 Å². The van der Waals surface area contributed by atoms with Crippen LogP contribution >= 0.6 is 0 Å². The molecule has 2 atom stereocenters. The second-order valence-electron chi connectivity index (χ2n) is 2.81. The van der Waals surface area contributed by atoms with E-state index >= 15 is 0 Å². The van der Waals surface area contributed by atoms with Gasteiger partial charge in [0, 0.05) is 0 Å². The van der Waals surface area contributed by atoms with Crippen LogP contribution in [0.4, 0.5) is 0 Å². The maximum absolute atomic E-state index is 9.20. The lowest BCUT2D eigenvalue weighted by Gasteiger charge is -2.18. The smallest absolute Gasteiger partial charge is 0.124 e. The number of ether oxygens (including phenoxy) is 1. The van der Waals surface area contributed by atoms with Gasteiger partial charge in [-0.05, 0) is 25.1 Å². The summed E-state index contributed by atoms with van der Waals surface area (Å²) in [6.45, 7) is 1.41. The van der Waals surface area contributed by atoms with E-state index in [4.69, 9.17) is 9.84 Å². The molecule has 0 aliphatic carbocycles. The Morgan fingerprint density at radius 1 is 1.62 bits per heavy atom. The summed E-state index contributed by atoms with van der Waals surface area (Å²) in [5, 5.41) is 17.8. The van der Waals surface area contributed by atoms with Crippen molar-refractivity contribution in [3.63, 3.8) is 0 Å². The first kappa shape index (κ1) is 10.0. The quantitative estimate of drug-likeness (QED) is 0.715. The van der Waals surface area contributed by atoms with Crippen LogP contribution in [0.2, 0.25) is 0 Å². The van der Waals surface area contributed by atoms with Crippen molar-refractivity contribution in [1.29, 1.82) is 0 Å². The SMILES string of the molecule is CC(Oc1c[c]ccc1)C(O)CO. The van der Waals surface area contributed by atoms with Crippen molar-refractivity contribution < 1.29 is 14.9 Å². The summed E-state index contributed by atoms with van der Waals surface area (Å²) in [6, 6.07) is 9.87. The molecule has 0 saturated carbocycles. The molecule has 0 aliphatic rings. The van der Waals surface area contributed by atoms with Gasteiger partial charge in [-0.2, -0.15) is 0 Å². The second-order valence-corrected chi connectivity index (χ2v) is 2.81. The summed E-state index contributed by atoms with van der Waals surface area (Å²) in [7, 11) is 0. The van der Waals surface area contributed by atoms with Crippen molar-refractivity contribution in [2.24, 2.45) is 0 Å². The average Bonchev–Trinajstić information content (AvgIpc) is 2.18. The Bertz CT molecular complexity index is 235. The maximum Gasteiger partial charge on any atom is 0.124 e. The first-order chi connectivity index (χ1) is 6.24. The molecule has 1 radical (unpaired) electrons. The molecule has 0 heterocycles. The molecule has 3 nitrogen and oxygen atoms in total. The second kappa shape index (κ2) is 4.84. The lowest BCUT2D eigenvalue weighted by Crippen LogP contribution is -2.31. The molecular formula is C10H13O3. The third-order valence-corrected chi connectivity index (χ3v) is 1.73. The van der Waals surface area contributed by atoms with Crippen LogP contribution in [-0.4, -0.2) is 29.0 Å². The van der Waals surface area contributed by atoms with Gasteiger partial charge in [-0.3, -0.25) is 0 Å². The summed E-state index contributed by atoms with van der Waals surface area (Å²) >= 11 is 0. The van der Waals surface area contributed by atoms with E-state index in [2.05, 4.69) is 6.07 Å². The Morgan fingerprint density at radius 3 is 2.92 bits per heavy atom. The zero-order valence-corrected chi connectivity index (χ0v) is 7.47. The minimum Gasteiger partial charge on any atom is -0.488 e. The van der Waals surface area contributed by atoms with E-state index in [9.17, 15) is 5.11 Å². The van der Waals surface area contributed by atoms with Crippen LogP contribution in [0.25, 0.3) is 0 Å². The summed E-state index contributed by atoms with van der Waals surface area (Å²) in [5.74, 6) is 0.641. The molecule has 13 heavy (non-hydrogen) atoms. The Kier molecular flexibility index (Phi) is 3.73. The van der Waals surface area contributed by atoms with E-state index in [1.807, 2.05) is 0 Å². The number of benzene rings is 1. The minimum atomic E-state index is -0.847. The van der Waals surface area contributed by atoms with E-state index in [0.29, 0.717) is 5.75 Å². The highest BCUT2D eigenvalue weighted by molar-refractivity contribution is 5.20. The van der Waals surface area contributed by atoms with E-state index in [1.165, 1.54) is 0 Å². The Labute approximate surface area is 77.6 Å². The van der Waals surface area contributed by atoms with Gasteiger partial charge in [-0.1, -0.05) is 12.1 Å². The van der Waals surface area contributed by atoms with Gasteiger partial charge in [-0.15, -0.1) is 0 Å². The van der Waals surface area contributed by atoms with Crippen molar-refractivity contribution in [1.82, 2.24) is 0 Å². The molecule has 2 N–H and O–H groups in total. The van der Waals surface area contributed by atoms with Gasteiger partial charge in [0.15, 0.2) is 0 Å². The summed E-state index contributed by atoms with van der Waals surface area (Å²) < 4.78 is 5.33. The van der Waals surface area contributed by atoms with Gasteiger partial charge in [0.25, 0.3) is 0 Å². The lowest BCUT2D eigenvalue weighted by atomic mass is 10.2. The molecule has 0 fully saturated rings. The van der Waals surface area contributed by atoms with Crippen LogP contribution in [0.3, 0.4) is 0 Å². The van der Waals surface area contributed by atoms with E-state index in [-0.39, 0.29) is 6.61 Å². The molecule has 0 aliphatic heterocycles. The Balaban J connectivity index is 2.50. The predicted molar refractivity (Wildman–Crippen MR) is 48.5 cm³/mol. The van der Waals surface area contributed by atoms with E-state index in [0.717, 1.165) is 0 Å². The molecule has 0 amide bonds. The van der Waals surface area contributed by atoms with Crippen LogP contribution in [0.15, 0.2) is 24.3 Å². The Hall–Kier alpha value is -1.06. The molecular weight excluding hydrogens is 168 g/mol. The van der Waals surface area contributed by atoms with Gasteiger partial charge in [0.2, 0.25) is 0 Å². The number of aliphatic hydroxyl groups is 2. The fraction of sp³-hybridized carbons (Fsp3) is 0.400. The van der Waals surface area contributed by atoms with Gasteiger partial charge in [-0.25, -0.2) is 0 Å². The highest BCUT2D eigenvalue weighted by atomic mass is 16.5. The van der Waals surface area contributed by atoms with E-state index < -0.39 is 12.2 Å². The van der Waals surface area contributed by atoms with Crippen molar-refractivity contribution in [3.8, 4) is 5.75 Å². The fourth-order valence-electron chi connectivity index (χ4n) is 0.892. The van der Waals surface area contributed by atoms with Crippen LogP contribution in [0, 0.1) is 6.07 Å². The molecule has 1 aromatic carbocycles. The molecule has 0 spiro atoms. The average molecular weight is 181 g/mol. The summed E-state index contributed by atoms with van der Waals surface area (Å²) in [6.07, 6.45) is -1.26. The van der Waals surface area contributed by atoms with Gasteiger partial charge < -0.3 is 14.9 Å². The minimum absolute atomic E-state index is 0.294. The summed E-state index contributed by atoms with van der Waals surface area (Å²) in [5.41, 5.74) is 0. The molecule has 0 bridgehead atoms. The monoisotopic (exact) mass is 181 g/mol. The van der Waals surface area contributed by atoms with Crippen molar-refractivity contribution in [2.75, 3.05) is 6.61 Å². The van der Waals surface area contributed by atoms with Crippen LogP contribution in [-0.2, 0) is 0 Å². The molecule has 71 valence electrons. The third-order valence-electron chi connectivity index (χ3n) is 1.73. The highest BCUT2D eigenvalue weighted by Crippen LogP contribution is 2.11. The first-order valence-electron chi connectivity index (χ1n) is 4.15. The lowest BCUT2D eigenvalue weighted by molar-refractivity contribution is 0.00815. The third kappa shape index (κ3) is 3.05. The molecule has 0 saturated heterocycles. The number of aliphatic hydroxyl groups excluding tert-OH is 2. The number of rotatable bonds is 4. The molecule has 3 heteroatoms. The first-order valence-corrected chi connectivity index (χ1v) is 4.15. The maximum atomic E-state index is 9.20. The fourth-order valence-corrected chi connectivity index (χ4v) is 0.892. The molecule has 1 rings (SSSR count). The zero-order chi connectivity index (χ0) is 9.68. The molecule has 1 aromatic rings.